The molecule has 0 aromatic heterocycles. The highest BCUT2D eigenvalue weighted by molar-refractivity contribution is 5.94. The van der Waals surface area contributed by atoms with Gasteiger partial charge in [0.2, 0.25) is 0 Å². The topological polar surface area (TPSA) is 55.4 Å². The molecule has 1 N–H and O–H groups in total. The molecule has 0 aliphatic rings. The van der Waals surface area contributed by atoms with Crippen molar-refractivity contribution in [2.75, 3.05) is 13.7 Å². The number of nitrogens with one attached hydrogen (secondary N) is 1. The van der Waals surface area contributed by atoms with Crippen molar-refractivity contribution in [3.63, 3.8) is 0 Å². The van der Waals surface area contributed by atoms with Crippen molar-refractivity contribution in [1.82, 2.24) is 5.32 Å². The molecule has 0 spiro atoms. The van der Waals surface area contributed by atoms with Crippen LogP contribution >= 0.6 is 0 Å². The summed E-state index contributed by atoms with van der Waals surface area (Å²) in [5.74, 6) is -0.217. The molecule has 4 nitrogen and oxygen atoms in total. The minimum atomic E-state index is -0.177. The number of rotatable bonds is 7. The van der Waals surface area contributed by atoms with Crippen molar-refractivity contribution in [2.24, 2.45) is 0 Å². The molecule has 0 aliphatic carbocycles. The number of carbonyl (C=O) groups excluding carboxylic acids is 2. The van der Waals surface area contributed by atoms with Crippen LogP contribution in [-0.2, 0) is 9.53 Å². The second-order valence-electron chi connectivity index (χ2n) is 4.94. The summed E-state index contributed by atoms with van der Waals surface area (Å²) in [7, 11) is 1.39. The van der Waals surface area contributed by atoms with E-state index < -0.39 is 0 Å². The largest absolute Gasteiger partial charge is 0.469 e. The molecule has 0 saturated carbocycles. The van der Waals surface area contributed by atoms with E-state index >= 15 is 0 Å². The molecule has 0 fully saturated rings. The Morgan fingerprint density at radius 3 is 2.50 bits per heavy atom. The maximum absolute atomic E-state index is 11.9. The summed E-state index contributed by atoms with van der Waals surface area (Å²) in [6, 6.07) is 5.71. The highest BCUT2D eigenvalue weighted by Gasteiger charge is 2.06. The number of methoxy groups -OCH3 is 1. The zero-order chi connectivity index (χ0) is 15.0. The minimum Gasteiger partial charge on any atom is -0.469 e. The normalized spacial score (nSPS) is 10.2. The summed E-state index contributed by atoms with van der Waals surface area (Å²) in [5, 5.41) is 2.89. The van der Waals surface area contributed by atoms with Crippen LogP contribution in [0.25, 0.3) is 0 Å². The lowest BCUT2D eigenvalue weighted by Crippen LogP contribution is -2.24. The van der Waals surface area contributed by atoms with Crippen LogP contribution in [0.2, 0.25) is 0 Å². The van der Waals surface area contributed by atoms with Crippen LogP contribution in [0.4, 0.5) is 0 Å². The van der Waals surface area contributed by atoms with Crippen molar-refractivity contribution in [2.45, 2.75) is 39.5 Å². The highest BCUT2D eigenvalue weighted by atomic mass is 16.5. The van der Waals surface area contributed by atoms with Crippen molar-refractivity contribution >= 4 is 11.9 Å². The third-order valence-corrected chi connectivity index (χ3v) is 3.34. The first-order valence-corrected chi connectivity index (χ1v) is 6.97. The highest BCUT2D eigenvalue weighted by Crippen LogP contribution is 2.09. The maximum Gasteiger partial charge on any atom is 0.305 e. The average molecular weight is 277 g/mol. The first kappa shape index (κ1) is 16.2. The summed E-state index contributed by atoms with van der Waals surface area (Å²) in [6.07, 6.45) is 3.02. The zero-order valence-corrected chi connectivity index (χ0v) is 12.5. The second kappa shape index (κ2) is 8.35. The van der Waals surface area contributed by atoms with Crippen LogP contribution in [0.3, 0.4) is 0 Å². The average Bonchev–Trinajstić information content (AvgIpc) is 2.44. The molecule has 20 heavy (non-hydrogen) atoms. The lowest BCUT2D eigenvalue weighted by atomic mass is 10.1. The van der Waals surface area contributed by atoms with Crippen LogP contribution in [0, 0.1) is 13.8 Å². The van der Waals surface area contributed by atoms with Gasteiger partial charge >= 0.3 is 5.97 Å². The van der Waals surface area contributed by atoms with E-state index in [1.54, 1.807) is 0 Å². The predicted molar refractivity (Wildman–Crippen MR) is 78.7 cm³/mol. The molecule has 0 saturated heterocycles. The number of ether oxygens (including phenoxy) is 1. The molecule has 0 unspecified atom stereocenters. The molecule has 0 atom stereocenters. The number of amides is 1. The van der Waals surface area contributed by atoms with Gasteiger partial charge in [-0.15, -0.1) is 0 Å². The fourth-order valence-corrected chi connectivity index (χ4v) is 1.86. The van der Waals surface area contributed by atoms with Gasteiger partial charge < -0.3 is 10.1 Å². The summed E-state index contributed by atoms with van der Waals surface area (Å²) in [5.41, 5.74) is 3.00. The Morgan fingerprint density at radius 2 is 1.85 bits per heavy atom. The lowest BCUT2D eigenvalue weighted by Gasteiger charge is -2.07. The van der Waals surface area contributed by atoms with Gasteiger partial charge in [0.25, 0.3) is 5.91 Å². The number of aryl methyl sites for hydroxylation is 2. The van der Waals surface area contributed by atoms with Crippen molar-refractivity contribution in [1.29, 1.82) is 0 Å². The Hall–Kier alpha value is -1.84. The fraction of sp³-hybridized carbons (Fsp3) is 0.500. The fourth-order valence-electron chi connectivity index (χ4n) is 1.86. The minimum absolute atomic E-state index is 0.0407. The number of benzene rings is 1. The van der Waals surface area contributed by atoms with Crippen LogP contribution in [0.5, 0.6) is 0 Å². The first-order chi connectivity index (χ1) is 9.54. The number of hydrogen-bond acceptors (Lipinski definition) is 3. The maximum atomic E-state index is 11.9. The molecule has 1 rings (SSSR count). The molecule has 110 valence electrons. The Labute approximate surface area is 120 Å². The summed E-state index contributed by atoms with van der Waals surface area (Å²) < 4.78 is 4.56. The van der Waals surface area contributed by atoms with Crippen molar-refractivity contribution < 1.29 is 14.3 Å². The number of carbonyl (C=O) groups is 2. The molecule has 0 bridgehead atoms. The van der Waals surface area contributed by atoms with Gasteiger partial charge in [0.05, 0.1) is 7.11 Å². The van der Waals surface area contributed by atoms with Gasteiger partial charge in [-0.3, -0.25) is 9.59 Å². The second-order valence-corrected chi connectivity index (χ2v) is 4.94. The quantitative estimate of drug-likeness (QED) is 0.616. The van der Waals surface area contributed by atoms with Gasteiger partial charge in [-0.25, -0.2) is 0 Å². The summed E-state index contributed by atoms with van der Waals surface area (Å²) in [6.45, 7) is 4.66. The Kier molecular flexibility index (Phi) is 6.77. The monoisotopic (exact) mass is 277 g/mol. The third kappa shape index (κ3) is 5.43. The van der Waals surface area contributed by atoms with Crippen LogP contribution in [0.1, 0.15) is 47.2 Å². The van der Waals surface area contributed by atoms with E-state index in [9.17, 15) is 9.59 Å². The molecule has 0 heterocycles. The van der Waals surface area contributed by atoms with E-state index in [1.165, 1.54) is 12.7 Å². The van der Waals surface area contributed by atoms with Crippen molar-refractivity contribution in [3.8, 4) is 0 Å². The smallest absolute Gasteiger partial charge is 0.305 e. The number of unbranched alkanes of at least 4 members (excludes halogenated alkanes) is 2. The Bertz CT molecular complexity index is 469. The van der Waals surface area contributed by atoms with E-state index in [0.717, 1.165) is 24.8 Å². The predicted octanol–water partition coefficient (Wildman–Crippen LogP) is 2.77. The van der Waals surface area contributed by atoms with Crippen LogP contribution in [0.15, 0.2) is 18.2 Å². The van der Waals surface area contributed by atoms with E-state index in [0.29, 0.717) is 18.5 Å². The van der Waals surface area contributed by atoms with Gasteiger partial charge in [-0.2, -0.15) is 0 Å². The van der Waals surface area contributed by atoms with Gasteiger partial charge in [-0.1, -0.05) is 12.5 Å². The van der Waals surface area contributed by atoms with E-state index in [2.05, 4.69) is 10.1 Å². The third-order valence-electron chi connectivity index (χ3n) is 3.34. The molecule has 1 aromatic carbocycles. The van der Waals surface area contributed by atoms with Crippen LogP contribution < -0.4 is 5.32 Å². The van der Waals surface area contributed by atoms with Gasteiger partial charge in [-0.05, 0) is 49.9 Å². The lowest BCUT2D eigenvalue weighted by molar-refractivity contribution is -0.140. The van der Waals surface area contributed by atoms with E-state index in [1.807, 2.05) is 32.0 Å². The van der Waals surface area contributed by atoms with E-state index in [-0.39, 0.29) is 11.9 Å². The van der Waals surface area contributed by atoms with Gasteiger partial charge in [0.1, 0.15) is 0 Å². The Morgan fingerprint density at radius 1 is 1.10 bits per heavy atom. The molecule has 0 aliphatic heterocycles. The number of esters is 1. The number of hydrogen-bond donors (Lipinski definition) is 1. The van der Waals surface area contributed by atoms with E-state index in [4.69, 9.17) is 0 Å². The van der Waals surface area contributed by atoms with Crippen molar-refractivity contribution in [3.05, 3.63) is 34.9 Å². The zero-order valence-electron chi connectivity index (χ0n) is 12.5. The molecule has 1 aromatic rings. The van der Waals surface area contributed by atoms with Crippen LogP contribution in [-0.4, -0.2) is 25.5 Å². The molecule has 0 radical (unpaired) electrons. The first-order valence-electron chi connectivity index (χ1n) is 6.97. The molecular weight excluding hydrogens is 254 g/mol. The standard InChI is InChI=1S/C16H23NO3/c1-12-8-9-14(11-13(12)2)16(19)17-10-6-4-5-7-15(18)20-3/h8-9,11H,4-7,10H2,1-3H3,(H,17,19). The summed E-state index contributed by atoms with van der Waals surface area (Å²) >= 11 is 0. The molecule has 4 heteroatoms. The SMILES string of the molecule is COC(=O)CCCCCNC(=O)c1ccc(C)c(C)c1. The van der Waals surface area contributed by atoms with Gasteiger partial charge in [0.15, 0.2) is 0 Å². The Balaban J connectivity index is 2.23. The summed E-state index contributed by atoms with van der Waals surface area (Å²) in [4.78, 5) is 22.8. The molecular formula is C16H23NO3. The van der Waals surface area contributed by atoms with Gasteiger partial charge in [0, 0.05) is 18.5 Å². The molecule has 1 amide bonds.